The highest BCUT2D eigenvalue weighted by Gasteiger charge is 2.03. The fraction of sp³-hybridized carbons (Fsp3) is 0.400. The van der Waals surface area contributed by atoms with Crippen LogP contribution in [0.1, 0.15) is 30.9 Å². The van der Waals surface area contributed by atoms with E-state index < -0.39 is 0 Å². The SMILES string of the molecule is CC(C)CNCc1cnc(Cc2ccc(F)cc2)[nH]1. The second-order valence-electron chi connectivity index (χ2n) is 5.18. The van der Waals surface area contributed by atoms with Crippen molar-refractivity contribution >= 4 is 0 Å². The molecule has 0 fully saturated rings. The van der Waals surface area contributed by atoms with E-state index >= 15 is 0 Å². The zero-order chi connectivity index (χ0) is 13.7. The van der Waals surface area contributed by atoms with E-state index in [0.717, 1.165) is 30.2 Å². The number of aromatic amines is 1. The maximum Gasteiger partial charge on any atom is 0.123 e. The Morgan fingerprint density at radius 2 is 2.00 bits per heavy atom. The van der Waals surface area contributed by atoms with Crippen LogP contribution in [0, 0.1) is 11.7 Å². The summed E-state index contributed by atoms with van der Waals surface area (Å²) in [6, 6.07) is 6.52. The van der Waals surface area contributed by atoms with E-state index in [1.165, 1.54) is 12.1 Å². The number of aromatic nitrogens is 2. The van der Waals surface area contributed by atoms with Gasteiger partial charge in [0.2, 0.25) is 0 Å². The minimum atomic E-state index is -0.207. The Morgan fingerprint density at radius 3 is 2.68 bits per heavy atom. The van der Waals surface area contributed by atoms with Crippen LogP contribution in [0.4, 0.5) is 4.39 Å². The lowest BCUT2D eigenvalue weighted by atomic mass is 10.1. The maximum absolute atomic E-state index is 12.8. The van der Waals surface area contributed by atoms with Crippen LogP contribution >= 0.6 is 0 Å². The minimum absolute atomic E-state index is 0.207. The van der Waals surface area contributed by atoms with E-state index in [9.17, 15) is 4.39 Å². The van der Waals surface area contributed by atoms with Crippen molar-refractivity contribution in [3.63, 3.8) is 0 Å². The van der Waals surface area contributed by atoms with Crippen molar-refractivity contribution in [1.82, 2.24) is 15.3 Å². The predicted molar refractivity (Wildman–Crippen MR) is 74.3 cm³/mol. The van der Waals surface area contributed by atoms with Gasteiger partial charge in [-0.25, -0.2) is 9.37 Å². The minimum Gasteiger partial charge on any atom is -0.345 e. The van der Waals surface area contributed by atoms with Gasteiger partial charge in [0.1, 0.15) is 11.6 Å². The van der Waals surface area contributed by atoms with Gasteiger partial charge in [-0.05, 0) is 30.2 Å². The van der Waals surface area contributed by atoms with E-state index in [-0.39, 0.29) is 5.82 Å². The molecule has 2 N–H and O–H groups in total. The number of halogens is 1. The number of H-pyrrole nitrogens is 1. The molecule has 0 aliphatic carbocycles. The van der Waals surface area contributed by atoms with Gasteiger partial charge < -0.3 is 10.3 Å². The van der Waals surface area contributed by atoms with Crippen LogP contribution in [0.3, 0.4) is 0 Å². The summed E-state index contributed by atoms with van der Waals surface area (Å²) < 4.78 is 12.8. The van der Waals surface area contributed by atoms with Gasteiger partial charge in [0.25, 0.3) is 0 Å². The second-order valence-corrected chi connectivity index (χ2v) is 5.18. The van der Waals surface area contributed by atoms with Crippen LogP contribution in [-0.4, -0.2) is 16.5 Å². The lowest BCUT2D eigenvalue weighted by Crippen LogP contribution is -2.19. The fourth-order valence-corrected chi connectivity index (χ4v) is 1.88. The molecular formula is C15H20FN3. The third-order valence-electron chi connectivity index (χ3n) is 2.83. The summed E-state index contributed by atoms with van der Waals surface area (Å²) in [6.45, 7) is 6.15. The molecule has 1 heterocycles. The Hall–Kier alpha value is -1.68. The molecule has 1 aromatic heterocycles. The largest absolute Gasteiger partial charge is 0.345 e. The molecule has 4 heteroatoms. The van der Waals surface area contributed by atoms with Gasteiger partial charge in [0, 0.05) is 24.9 Å². The normalized spacial score (nSPS) is 11.2. The molecule has 0 atom stereocenters. The summed E-state index contributed by atoms with van der Waals surface area (Å²) in [5.74, 6) is 1.34. The number of nitrogens with one attached hydrogen (secondary N) is 2. The number of imidazole rings is 1. The molecule has 3 nitrogen and oxygen atoms in total. The molecule has 1 aromatic carbocycles. The van der Waals surface area contributed by atoms with E-state index in [1.807, 2.05) is 6.20 Å². The topological polar surface area (TPSA) is 40.7 Å². The Morgan fingerprint density at radius 1 is 1.26 bits per heavy atom. The van der Waals surface area contributed by atoms with Gasteiger partial charge in [-0.2, -0.15) is 0 Å². The number of nitrogens with zero attached hydrogens (tertiary/aromatic N) is 1. The van der Waals surface area contributed by atoms with Crippen molar-refractivity contribution in [3.8, 4) is 0 Å². The highest BCUT2D eigenvalue weighted by molar-refractivity contribution is 5.20. The predicted octanol–water partition coefficient (Wildman–Crippen LogP) is 2.89. The molecule has 2 aromatic rings. The molecule has 0 amide bonds. The van der Waals surface area contributed by atoms with Crippen molar-refractivity contribution in [1.29, 1.82) is 0 Å². The Kier molecular flexibility index (Phi) is 4.68. The lowest BCUT2D eigenvalue weighted by molar-refractivity contribution is 0.548. The molecule has 2 rings (SSSR count). The van der Waals surface area contributed by atoms with Crippen LogP contribution in [-0.2, 0) is 13.0 Å². The maximum atomic E-state index is 12.8. The Bertz CT molecular complexity index is 502. The monoisotopic (exact) mass is 261 g/mol. The number of hydrogen-bond donors (Lipinski definition) is 2. The summed E-state index contributed by atoms with van der Waals surface area (Å²) in [4.78, 5) is 7.62. The summed E-state index contributed by atoms with van der Waals surface area (Å²) in [7, 11) is 0. The molecule has 0 saturated heterocycles. The van der Waals surface area contributed by atoms with Gasteiger partial charge in [-0.3, -0.25) is 0 Å². The molecule has 19 heavy (non-hydrogen) atoms. The van der Waals surface area contributed by atoms with Gasteiger partial charge >= 0.3 is 0 Å². The third kappa shape index (κ3) is 4.48. The molecular weight excluding hydrogens is 241 g/mol. The highest BCUT2D eigenvalue weighted by Crippen LogP contribution is 2.08. The smallest absolute Gasteiger partial charge is 0.123 e. The van der Waals surface area contributed by atoms with Crippen LogP contribution in [0.25, 0.3) is 0 Å². The fourth-order valence-electron chi connectivity index (χ4n) is 1.88. The van der Waals surface area contributed by atoms with E-state index in [4.69, 9.17) is 0 Å². The quantitative estimate of drug-likeness (QED) is 0.839. The average Bonchev–Trinajstić information content (AvgIpc) is 2.79. The first kappa shape index (κ1) is 13.7. The van der Waals surface area contributed by atoms with Crippen LogP contribution in [0.15, 0.2) is 30.5 Å². The molecule has 0 saturated carbocycles. The average molecular weight is 261 g/mol. The highest BCUT2D eigenvalue weighted by atomic mass is 19.1. The molecule has 0 aliphatic rings. The van der Waals surface area contributed by atoms with Gasteiger partial charge in [-0.15, -0.1) is 0 Å². The van der Waals surface area contributed by atoms with Crippen LogP contribution in [0.2, 0.25) is 0 Å². The lowest BCUT2D eigenvalue weighted by Gasteiger charge is -2.05. The second kappa shape index (κ2) is 6.48. The van der Waals surface area contributed by atoms with Crippen molar-refractivity contribution in [2.75, 3.05) is 6.54 Å². The van der Waals surface area contributed by atoms with Crippen LogP contribution in [0.5, 0.6) is 0 Å². The zero-order valence-electron chi connectivity index (χ0n) is 11.4. The van der Waals surface area contributed by atoms with Crippen molar-refractivity contribution in [2.24, 2.45) is 5.92 Å². The van der Waals surface area contributed by atoms with E-state index in [2.05, 4.69) is 29.1 Å². The standard InChI is InChI=1S/C15H20FN3/c1-11(2)8-17-9-14-10-18-15(19-14)7-12-3-5-13(16)6-4-12/h3-6,10-11,17H,7-9H2,1-2H3,(H,18,19). The van der Waals surface area contributed by atoms with Gasteiger partial charge in [0.15, 0.2) is 0 Å². The Labute approximate surface area is 113 Å². The summed E-state index contributed by atoms with van der Waals surface area (Å²) in [5.41, 5.74) is 2.13. The molecule has 0 unspecified atom stereocenters. The molecule has 0 radical (unpaired) electrons. The first-order valence-corrected chi connectivity index (χ1v) is 6.61. The summed E-state index contributed by atoms with van der Waals surface area (Å²) in [6.07, 6.45) is 2.55. The van der Waals surface area contributed by atoms with E-state index in [0.29, 0.717) is 12.3 Å². The summed E-state index contributed by atoms with van der Waals surface area (Å²) in [5, 5.41) is 3.36. The van der Waals surface area contributed by atoms with Crippen LogP contribution < -0.4 is 5.32 Å². The molecule has 0 bridgehead atoms. The number of rotatable bonds is 6. The first-order chi connectivity index (χ1) is 9.13. The van der Waals surface area contributed by atoms with Gasteiger partial charge in [-0.1, -0.05) is 26.0 Å². The van der Waals surface area contributed by atoms with Crippen molar-refractivity contribution < 1.29 is 4.39 Å². The third-order valence-corrected chi connectivity index (χ3v) is 2.83. The van der Waals surface area contributed by atoms with Crippen molar-refractivity contribution in [3.05, 3.63) is 53.4 Å². The molecule has 0 spiro atoms. The van der Waals surface area contributed by atoms with E-state index in [1.54, 1.807) is 12.1 Å². The summed E-state index contributed by atoms with van der Waals surface area (Å²) >= 11 is 0. The number of hydrogen-bond acceptors (Lipinski definition) is 2. The molecule has 102 valence electrons. The zero-order valence-corrected chi connectivity index (χ0v) is 11.4. The molecule has 0 aliphatic heterocycles. The first-order valence-electron chi connectivity index (χ1n) is 6.61. The van der Waals surface area contributed by atoms with Crippen molar-refractivity contribution in [2.45, 2.75) is 26.8 Å². The Balaban J connectivity index is 1.88. The number of benzene rings is 1. The van der Waals surface area contributed by atoms with Gasteiger partial charge in [0.05, 0.1) is 0 Å².